The van der Waals surface area contributed by atoms with Gasteiger partial charge in [-0.3, -0.25) is 15.2 Å². The predicted octanol–water partition coefficient (Wildman–Crippen LogP) is 1.02. The normalized spacial score (nSPS) is 9.85. The summed E-state index contributed by atoms with van der Waals surface area (Å²) in [6.45, 7) is 0.469. The Morgan fingerprint density at radius 2 is 2.20 bits per heavy atom. The van der Waals surface area contributed by atoms with E-state index in [2.05, 4.69) is 20.8 Å². The van der Waals surface area contributed by atoms with Crippen LogP contribution in [0.1, 0.15) is 16.1 Å². The number of carbonyl (C=O) groups is 2. The van der Waals surface area contributed by atoms with Gasteiger partial charge in [-0.15, -0.1) is 0 Å². The van der Waals surface area contributed by atoms with Gasteiger partial charge < -0.3 is 4.90 Å². The molecule has 0 bridgehead atoms. The standard InChI is InChI=1S/C12H13N5O2S/c1-17(7-9-2-5-20-8-9)12(19)16-15-11(18)10-6-13-3-4-14-10/h2-6,8H,7H2,1H3,(H,15,18)(H,16,19). The van der Waals surface area contributed by atoms with Crippen LogP contribution in [0.25, 0.3) is 0 Å². The Hall–Kier alpha value is -2.48. The lowest BCUT2D eigenvalue weighted by molar-refractivity contribution is 0.0925. The predicted molar refractivity (Wildman–Crippen MR) is 73.8 cm³/mol. The molecule has 0 radical (unpaired) electrons. The second kappa shape index (κ2) is 6.62. The van der Waals surface area contributed by atoms with Crippen molar-refractivity contribution >= 4 is 23.3 Å². The van der Waals surface area contributed by atoms with Gasteiger partial charge in [0.25, 0.3) is 5.91 Å². The molecular formula is C12H13N5O2S. The fourth-order valence-corrected chi connectivity index (χ4v) is 2.07. The molecule has 20 heavy (non-hydrogen) atoms. The molecule has 0 aliphatic carbocycles. The van der Waals surface area contributed by atoms with Crippen molar-refractivity contribution < 1.29 is 9.59 Å². The molecule has 2 aromatic heterocycles. The molecule has 0 fully saturated rings. The molecular weight excluding hydrogens is 278 g/mol. The average molecular weight is 291 g/mol. The van der Waals surface area contributed by atoms with Gasteiger partial charge in [0, 0.05) is 26.0 Å². The van der Waals surface area contributed by atoms with Crippen LogP contribution in [0.15, 0.2) is 35.4 Å². The van der Waals surface area contributed by atoms with Gasteiger partial charge in [0.2, 0.25) is 0 Å². The first-order chi connectivity index (χ1) is 9.66. The first-order valence-corrected chi connectivity index (χ1v) is 6.69. The van der Waals surface area contributed by atoms with Crippen LogP contribution in [0.2, 0.25) is 0 Å². The number of rotatable bonds is 3. The summed E-state index contributed by atoms with van der Waals surface area (Å²) in [6, 6.07) is 1.53. The molecule has 2 aromatic rings. The highest BCUT2D eigenvalue weighted by Crippen LogP contribution is 2.08. The Labute approximate surface area is 119 Å². The Balaban J connectivity index is 1.81. The number of hydrogen-bond donors (Lipinski definition) is 2. The lowest BCUT2D eigenvalue weighted by Gasteiger charge is -2.17. The summed E-state index contributed by atoms with van der Waals surface area (Å²) in [7, 11) is 1.64. The molecule has 0 spiro atoms. The maximum absolute atomic E-state index is 11.8. The average Bonchev–Trinajstić information content (AvgIpc) is 2.98. The van der Waals surface area contributed by atoms with E-state index in [1.165, 1.54) is 23.5 Å². The van der Waals surface area contributed by atoms with Crippen molar-refractivity contribution in [3.05, 3.63) is 46.7 Å². The molecule has 0 saturated heterocycles. The molecule has 0 aliphatic rings. The lowest BCUT2D eigenvalue weighted by atomic mass is 10.3. The minimum absolute atomic E-state index is 0.133. The highest BCUT2D eigenvalue weighted by molar-refractivity contribution is 7.07. The first-order valence-electron chi connectivity index (χ1n) is 5.75. The lowest BCUT2D eigenvalue weighted by Crippen LogP contribution is -2.47. The Kier molecular flexibility index (Phi) is 4.61. The zero-order valence-electron chi connectivity index (χ0n) is 10.7. The molecule has 7 nitrogen and oxygen atoms in total. The molecule has 2 heterocycles. The number of hydrazine groups is 1. The number of urea groups is 1. The third-order valence-electron chi connectivity index (χ3n) is 2.43. The SMILES string of the molecule is CN(Cc1ccsc1)C(=O)NNC(=O)c1cnccn1. The smallest absolute Gasteiger partial charge is 0.322 e. The van der Waals surface area contributed by atoms with Crippen LogP contribution < -0.4 is 10.9 Å². The van der Waals surface area contributed by atoms with E-state index in [0.717, 1.165) is 5.56 Å². The zero-order valence-corrected chi connectivity index (χ0v) is 11.6. The van der Waals surface area contributed by atoms with E-state index in [9.17, 15) is 9.59 Å². The number of thiophene rings is 1. The molecule has 0 saturated carbocycles. The largest absolute Gasteiger partial charge is 0.336 e. The quantitative estimate of drug-likeness (QED) is 0.827. The summed E-state index contributed by atoms with van der Waals surface area (Å²) in [4.78, 5) is 32.5. The third kappa shape index (κ3) is 3.75. The summed E-state index contributed by atoms with van der Waals surface area (Å²) < 4.78 is 0. The summed E-state index contributed by atoms with van der Waals surface area (Å²) in [6.07, 6.45) is 4.18. The third-order valence-corrected chi connectivity index (χ3v) is 3.16. The van der Waals surface area contributed by atoms with Crippen molar-refractivity contribution in [2.45, 2.75) is 6.54 Å². The van der Waals surface area contributed by atoms with Crippen LogP contribution in [-0.2, 0) is 6.54 Å². The highest BCUT2D eigenvalue weighted by atomic mass is 32.1. The number of amides is 3. The fourth-order valence-electron chi connectivity index (χ4n) is 1.41. The number of nitrogens with one attached hydrogen (secondary N) is 2. The molecule has 0 unspecified atom stereocenters. The van der Waals surface area contributed by atoms with Gasteiger partial charge in [0.1, 0.15) is 5.69 Å². The Morgan fingerprint density at radius 3 is 2.85 bits per heavy atom. The van der Waals surface area contributed by atoms with Crippen molar-refractivity contribution in [1.82, 2.24) is 25.7 Å². The van der Waals surface area contributed by atoms with E-state index in [0.29, 0.717) is 6.54 Å². The minimum Gasteiger partial charge on any atom is -0.322 e. The van der Waals surface area contributed by atoms with Crippen molar-refractivity contribution in [3.63, 3.8) is 0 Å². The van der Waals surface area contributed by atoms with Crippen LogP contribution in [0.4, 0.5) is 4.79 Å². The minimum atomic E-state index is -0.518. The van der Waals surface area contributed by atoms with E-state index in [4.69, 9.17) is 0 Å². The van der Waals surface area contributed by atoms with Gasteiger partial charge in [0.05, 0.1) is 6.20 Å². The Morgan fingerprint density at radius 1 is 1.35 bits per heavy atom. The number of nitrogens with zero attached hydrogens (tertiary/aromatic N) is 3. The first kappa shape index (κ1) is 13.9. The summed E-state index contributed by atoms with van der Waals surface area (Å²) >= 11 is 1.57. The molecule has 8 heteroatoms. The van der Waals surface area contributed by atoms with Crippen LogP contribution in [0.5, 0.6) is 0 Å². The monoisotopic (exact) mass is 291 g/mol. The van der Waals surface area contributed by atoms with Gasteiger partial charge in [-0.1, -0.05) is 0 Å². The van der Waals surface area contributed by atoms with Crippen molar-refractivity contribution in [2.24, 2.45) is 0 Å². The van der Waals surface area contributed by atoms with E-state index >= 15 is 0 Å². The van der Waals surface area contributed by atoms with Crippen molar-refractivity contribution in [3.8, 4) is 0 Å². The van der Waals surface area contributed by atoms with E-state index < -0.39 is 11.9 Å². The molecule has 3 amide bonds. The number of carbonyl (C=O) groups excluding carboxylic acids is 2. The Bertz CT molecular complexity index is 573. The van der Waals surface area contributed by atoms with Crippen molar-refractivity contribution in [1.29, 1.82) is 0 Å². The molecule has 0 aromatic carbocycles. The number of aromatic nitrogens is 2. The maximum atomic E-state index is 11.8. The summed E-state index contributed by atoms with van der Waals surface area (Å²) in [5.41, 5.74) is 5.76. The van der Waals surface area contributed by atoms with Crippen LogP contribution in [0, 0.1) is 0 Å². The van der Waals surface area contributed by atoms with Crippen LogP contribution >= 0.6 is 11.3 Å². The second-order valence-corrected chi connectivity index (χ2v) is 4.74. The van der Waals surface area contributed by atoms with Gasteiger partial charge in [-0.25, -0.2) is 15.2 Å². The van der Waals surface area contributed by atoms with Crippen molar-refractivity contribution in [2.75, 3.05) is 7.05 Å². The van der Waals surface area contributed by atoms with E-state index in [-0.39, 0.29) is 5.69 Å². The van der Waals surface area contributed by atoms with Crippen LogP contribution in [-0.4, -0.2) is 33.9 Å². The molecule has 2 rings (SSSR count). The van der Waals surface area contributed by atoms with Gasteiger partial charge in [-0.2, -0.15) is 11.3 Å². The number of hydrogen-bond acceptors (Lipinski definition) is 5. The highest BCUT2D eigenvalue weighted by Gasteiger charge is 2.12. The van der Waals surface area contributed by atoms with Gasteiger partial charge in [0.15, 0.2) is 0 Å². The molecule has 2 N–H and O–H groups in total. The van der Waals surface area contributed by atoms with Gasteiger partial charge in [-0.05, 0) is 22.4 Å². The molecule has 0 atom stereocenters. The zero-order chi connectivity index (χ0) is 14.4. The second-order valence-electron chi connectivity index (χ2n) is 3.96. The van der Waals surface area contributed by atoms with Crippen LogP contribution in [0.3, 0.4) is 0 Å². The van der Waals surface area contributed by atoms with E-state index in [1.54, 1.807) is 18.4 Å². The summed E-state index contributed by atoms with van der Waals surface area (Å²) in [5, 5.41) is 3.90. The fraction of sp³-hybridized carbons (Fsp3) is 0.167. The summed E-state index contributed by atoms with van der Waals surface area (Å²) in [5.74, 6) is -0.518. The molecule has 104 valence electrons. The molecule has 0 aliphatic heterocycles. The topological polar surface area (TPSA) is 87.2 Å². The maximum Gasteiger partial charge on any atom is 0.336 e. The van der Waals surface area contributed by atoms with Gasteiger partial charge >= 0.3 is 6.03 Å². The van der Waals surface area contributed by atoms with E-state index in [1.807, 2.05) is 16.8 Å².